The molecule has 0 atom stereocenters. The van der Waals surface area contributed by atoms with Gasteiger partial charge in [0.2, 0.25) is 0 Å². The van der Waals surface area contributed by atoms with Crippen LogP contribution >= 0.6 is 0 Å². The van der Waals surface area contributed by atoms with Gasteiger partial charge in [-0.05, 0) is 90.6 Å². The minimum absolute atomic E-state index is 0.0132. The zero-order valence-corrected chi connectivity index (χ0v) is 50.8. The van der Waals surface area contributed by atoms with Gasteiger partial charge >= 0.3 is 11.9 Å². The number of hydrogen-bond acceptors (Lipinski definition) is 8. The molecule has 0 saturated carbocycles. The summed E-state index contributed by atoms with van der Waals surface area (Å²) in [4.78, 5) is 36.0. The lowest BCUT2D eigenvalue weighted by atomic mass is 10.1. The standard InChI is InChI=1S/C66H132N4O4/c1-5-9-13-17-21-25-29-33-37-41-51-67(52-42-38-34-30-26-22-18-14-10-6-2)57-49-65(71)73-63-47-45-55-69-59-61-70(62-60-69)56-46-48-64-74-66(72)50-58-68(53-43-39-35-31-27-23-19-15-11-7-3)54-44-40-36-32-28-24-20-16-12-8-4/h5-64H2,1-4H3. The number of nitrogens with zero attached hydrogens (tertiary/aromatic N) is 4. The van der Waals surface area contributed by atoms with Crippen molar-refractivity contribution in [2.24, 2.45) is 0 Å². The van der Waals surface area contributed by atoms with Gasteiger partial charge in [-0.2, -0.15) is 0 Å². The average molecular weight is 1050 g/mol. The van der Waals surface area contributed by atoms with Gasteiger partial charge in [0, 0.05) is 39.3 Å². The van der Waals surface area contributed by atoms with Crippen molar-refractivity contribution in [3.8, 4) is 0 Å². The summed E-state index contributed by atoms with van der Waals surface area (Å²) in [5.74, 6) is -0.0263. The van der Waals surface area contributed by atoms with Crippen LogP contribution in [0.25, 0.3) is 0 Å². The number of hydrogen-bond donors (Lipinski definition) is 0. The maximum atomic E-state index is 12.8. The Morgan fingerprint density at radius 1 is 0.284 bits per heavy atom. The predicted molar refractivity (Wildman–Crippen MR) is 323 cm³/mol. The molecule has 1 rings (SSSR count). The molecule has 1 aliphatic heterocycles. The highest BCUT2D eigenvalue weighted by molar-refractivity contribution is 5.69. The van der Waals surface area contributed by atoms with Crippen LogP contribution in [0, 0.1) is 0 Å². The predicted octanol–water partition coefficient (Wildman–Crippen LogP) is 18.3. The Hall–Kier alpha value is -1.22. The molecule has 0 N–H and O–H groups in total. The van der Waals surface area contributed by atoms with Crippen LogP contribution in [0.15, 0.2) is 0 Å². The summed E-state index contributed by atoms with van der Waals surface area (Å²) in [6, 6.07) is 0. The molecule has 0 amide bonds. The van der Waals surface area contributed by atoms with E-state index < -0.39 is 0 Å². The van der Waals surface area contributed by atoms with Crippen LogP contribution < -0.4 is 0 Å². The fourth-order valence-electron chi connectivity index (χ4n) is 11.1. The van der Waals surface area contributed by atoms with E-state index in [0.29, 0.717) is 26.1 Å². The van der Waals surface area contributed by atoms with E-state index in [2.05, 4.69) is 47.3 Å². The van der Waals surface area contributed by atoms with Crippen molar-refractivity contribution in [3.63, 3.8) is 0 Å². The van der Waals surface area contributed by atoms with Crippen LogP contribution in [0.1, 0.15) is 323 Å². The highest BCUT2D eigenvalue weighted by atomic mass is 16.5. The van der Waals surface area contributed by atoms with E-state index in [0.717, 1.165) is 104 Å². The first-order chi connectivity index (χ1) is 36.5. The molecule has 1 saturated heterocycles. The summed E-state index contributed by atoms with van der Waals surface area (Å²) >= 11 is 0. The number of esters is 2. The Bertz CT molecular complexity index is 1000. The number of rotatable bonds is 60. The lowest BCUT2D eigenvalue weighted by Crippen LogP contribution is -2.46. The van der Waals surface area contributed by atoms with Gasteiger partial charge in [0.05, 0.1) is 26.1 Å². The summed E-state index contributed by atoms with van der Waals surface area (Å²) in [6.07, 6.45) is 59.8. The van der Waals surface area contributed by atoms with Crippen LogP contribution in [0.3, 0.4) is 0 Å². The number of carbonyl (C=O) groups excluding carboxylic acids is 2. The molecular formula is C66H132N4O4. The monoisotopic (exact) mass is 1050 g/mol. The van der Waals surface area contributed by atoms with Crippen molar-refractivity contribution in [1.82, 2.24) is 19.6 Å². The summed E-state index contributed by atoms with van der Waals surface area (Å²) in [6.45, 7) is 23.1. The van der Waals surface area contributed by atoms with Crippen LogP contribution in [-0.4, -0.2) is 123 Å². The molecular weight excluding hydrogens is 913 g/mol. The third-order valence-electron chi connectivity index (χ3n) is 16.3. The Balaban J connectivity index is 2.23. The lowest BCUT2D eigenvalue weighted by Gasteiger charge is -2.34. The number of unbranched alkanes of at least 4 members (excludes halogenated alkanes) is 38. The Labute approximate surface area is 463 Å². The van der Waals surface area contributed by atoms with Gasteiger partial charge in [0.15, 0.2) is 0 Å². The Morgan fingerprint density at radius 3 is 0.730 bits per heavy atom. The molecule has 1 aliphatic rings. The third-order valence-corrected chi connectivity index (χ3v) is 16.3. The molecule has 0 bridgehead atoms. The second kappa shape index (κ2) is 57.9. The fraction of sp³-hybridized carbons (Fsp3) is 0.970. The maximum absolute atomic E-state index is 12.8. The second-order valence-corrected chi connectivity index (χ2v) is 23.4. The van der Waals surface area contributed by atoms with E-state index >= 15 is 0 Å². The summed E-state index contributed by atoms with van der Waals surface area (Å²) in [5.41, 5.74) is 0. The topological polar surface area (TPSA) is 65.6 Å². The molecule has 0 spiro atoms. The SMILES string of the molecule is CCCCCCCCCCCCN(CCCCCCCCCCCC)CCC(=O)OCCCCN1CCN(CCCCOC(=O)CCN(CCCCCCCCCCCC)CCCCCCCCCCCC)CC1. The maximum Gasteiger partial charge on any atom is 0.307 e. The zero-order chi connectivity index (χ0) is 53.3. The molecule has 0 aromatic heterocycles. The molecule has 8 heteroatoms. The van der Waals surface area contributed by atoms with Gasteiger partial charge in [-0.1, -0.05) is 259 Å². The van der Waals surface area contributed by atoms with Gasteiger partial charge in [-0.25, -0.2) is 0 Å². The molecule has 74 heavy (non-hydrogen) atoms. The molecule has 1 fully saturated rings. The number of carbonyl (C=O) groups is 2. The van der Waals surface area contributed by atoms with E-state index in [1.54, 1.807) is 0 Å². The van der Waals surface area contributed by atoms with Crippen LogP contribution in [0.5, 0.6) is 0 Å². The summed E-state index contributed by atoms with van der Waals surface area (Å²) in [7, 11) is 0. The fourth-order valence-corrected chi connectivity index (χ4v) is 11.1. The quantitative estimate of drug-likeness (QED) is 0.0441. The minimum Gasteiger partial charge on any atom is -0.466 e. The smallest absolute Gasteiger partial charge is 0.307 e. The van der Waals surface area contributed by atoms with E-state index in [4.69, 9.17) is 9.47 Å². The first-order valence-corrected chi connectivity index (χ1v) is 33.7. The second-order valence-electron chi connectivity index (χ2n) is 23.4. The zero-order valence-electron chi connectivity index (χ0n) is 50.8. The van der Waals surface area contributed by atoms with E-state index in [-0.39, 0.29) is 11.9 Å². The molecule has 0 aromatic carbocycles. The average Bonchev–Trinajstić information content (AvgIpc) is 3.41. The molecule has 0 unspecified atom stereocenters. The van der Waals surface area contributed by atoms with Gasteiger partial charge in [-0.3, -0.25) is 9.59 Å². The Kier molecular flexibility index (Phi) is 55.4. The van der Waals surface area contributed by atoms with Gasteiger partial charge in [0.1, 0.15) is 0 Å². The van der Waals surface area contributed by atoms with Crippen LogP contribution in [-0.2, 0) is 19.1 Å². The molecule has 1 heterocycles. The number of piperazine rings is 1. The molecule has 0 radical (unpaired) electrons. The van der Waals surface area contributed by atoms with Gasteiger partial charge < -0.3 is 29.1 Å². The van der Waals surface area contributed by atoms with Crippen molar-refractivity contribution >= 4 is 11.9 Å². The molecule has 440 valence electrons. The first kappa shape index (κ1) is 70.8. The number of ether oxygens (including phenoxy) is 2. The largest absolute Gasteiger partial charge is 0.466 e. The van der Waals surface area contributed by atoms with Crippen molar-refractivity contribution in [1.29, 1.82) is 0 Å². The highest BCUT2D eigenvalue weighted by Gasteiger charge is 2.17. The Morgan fingerprint density at radius 2 is 0.500 bits per heavy atom. The van der Waals surface area contributed by atoms with Crippen LogP contribution in [0.4, 0.5) is 0 Å². The van der Waals surface area contributed by atoms with Crippen LogP contribution in [0.2, 0.25) is 0 Å². The first-order valence-electron chi connectivity index (χ1n) is 33.7. The highest BCUT2D eigenvalue weighted by Crippen LogP contribution is 2.16. The summed E-state index contributed by atoms with van der Waals surface area (Å²) in [5, 5.41) is 0. The van der Waals surface area contributed by atoms with Gasteiger partial charge in [-0.15, -0.1) is 0 Å². The van der Waals surface area contributed by atoms with Gasteiger partial charge in [0.25, 0.3) is 0 Å². The van der Waals surface area contributed by atoms with Crippen molar-refractivity contribution < 1.29 is 19.1 Å². The van der Waals surface area contributed by atoms with E-state index in [9.17, 15) is 9.59 Å². The minimum atomic E-state index is -0.0132. The van der Waals surface area contributed by atoms with Crippen molar-refractivity contribution in [2.45, 2.75) is 323 Å². The molecule has 0 aromatic rings. The lowest BCUT2D eigenvalue weighted by molar-refractivity contribution is -0.145. The molecule has 0 aliphatic carbocycles. The van der Waals surface area contributed by atoms with Crippen molar-refractivity contribution in [2.75, 3.05) is 91.8 Å². The molecule has 8 nitrogen and oxygen atoms in total. The van der Waals surface area contributed by atoms with E-state index in [1.165, 1.54) is 257 Å². The summed E-state index contributed by atoms with van der Waals surface area (Å²) < 4.78 is 11.5. The normalized spacial score (nSPS) is 13.5. The van der Waals surface area contributed by atoms with E-state index in [1.807, 2.05) is 0 Å². The third kappa shape index (κ3) is 50.3. The van der Waals surface area contributed by atoms with Crippen molar-refractivity contribution in [3.05, 3.63) is 0 Å².